The molecule has 29 heavy (non-hydrogen) atoms. The van der Waals surface area contributed by atoms with Gasteiger partial charge in [0, 0.05) is 17.0 Å². The zero-order valence-electron chi connectivity index (χ0n) is 16.4. The summed E-state index contributed by atoms with van der Waals surface area (Å²) in [7, 11) is 0. The maximum atomic E-state index is 6.10. The van der Waals surface area contributed by atoms with Crippen LogP contribution in [0.5, 0.6) is 5.75 Å². The van der Waals surface area contributed by atoms with Gasteiger partial charge in [0.2, 0.25) is 5.89 Å². The van der Waals surface area contributed by atoms with Crippen LogP contribution in [-0.4, -0.2) is 21.6 Å². The predicted octanol–water partition coefficient (Wildman–Crippen LogP) is 6.01. The molecule has 148 valence electrons. The summed E-state index contributed by atoms with van der Waals surface area (Å²) in [5, 5.41) is 0.690. The molecule has 0 spiro atoms. The van der Waals surface area contributed by atoms with E-state index in [9.17, 15) is 0 Å². The quantitative estimate of drug-likeness (QED) is 0.381. The predicted molar refractivity (Wildman–Crippen MR) is 114 cm³/mol. The summed E-state index contributed by atoms with van der Waals surface area (Å²) in [6.07, 6.45) is 3.26. The molecule has 5 nitrogen and oxygen atoms in total. The number of aromatic amines is 1. The van der Waals surface area contributed by atoms with Gasteiger partial charge in [-0.1, -0.05) is 41.4 Å². The third kappa shape index (κ3) is 4.69. The van der Waals surface area contributed by atoms with E-state index in [-0.39, 0.29) is 0 Å². The molecule has 4 aromatic rings. The Kier molecular flexibility index (Phi) is 5.67. The van der Waals surface area contributed by atoms with Crippen molar-refractivity contribution in [3.8, 4) is 28.6 Å². The van der Waals surface area contributed by atoms with Crippen LogP contribution in [0.2, 0.25) is 5.02 Å². The lowest BCUT2D eigenvalue weighted by atomic mass is 10.1. The van der Waals surface area contributed by atoms with Crippen LogP contribution in [0, 0.1) is 13.8 Å². The first-order valence-corrected chi connectivity index (χ1v) is 9.93. The molecular weight excluding hydrogens is 386 g/mol. The molecule has 0 fully saturated rings. The van der Waals surface area contributed by atoms with Crippen LogP contribution in [0.3, 0.4) is 0 Å². The zero-order chi connectivity index (χ0) is 20.2. The van der Waals surface area contributed by atoms with E-state index in [1.807, 2.05) is 55.5 Å². The van der Waals surface area contributed by atoms with Crippen LogP contribution in [0.1, 0.15) is 23.6 Å². The lowest BCUT2D eigenvalue weighted by Gasteiger charge is -2.06. The fourth-order valence-corrected chi connectivity index (χ4v) is 3.18. The number of imidazole rings is 1. The van der Waals surface area contributed by atoms with Crippen molar-refractivity contribution in [3.05, 3.63) is 76.9 Å². The molecule has 2 aromatic heterocycles. The summed E-state index contributed by atoms with van der Waals surface area (Å²) in [5.74, 6) is 3.05. The van der Waals surface area contributed by atoms with Crippen LogP contribution in [-0.2, 0) is 6.42 Å². The summed E-state index contributed by atoms with van der Waals surface area (Å²) < 4.78 is 11.9. The van der Waals surface area contributed by atoms with Gasteiger partial charge < -0.3 is 14.1 Å². The van der Waals surface area contributed by atoms with E-state index in [4.69, 9.17) is 25.7 Å². The number of nitrogens with one attached hydrogen (secondary N) is 1. The van der Waals surface area contributed by atoms with Crippen molar-refractivity contribution in [3.63, 3.8) is 0 Å². The average Bonchev–Trinajstić information content (AvgIpc) is 3.34. The molecule has 1 N–H and O–H groups in total. The molecule has 0 radical (unpaired) electrons. The van der Waals surface area contributed by atoms with Crippen molar-refractivity contribution in [2.24, 2.45) is 0 Å². The molecule has 0 aliphatic carbocycles. The monoisotopic (exact) mass is 407 g/mol. The summed E-state index contributed by atoms with van der Waals surface area (Å²) in [6, 6.07) is 15.7. The normalized spacial score (nSPS) is 11.0. The summed E-state index contributed by atoms with van der Waals surface area (Å²) in [4.78, 5) is 12.1. The number of oxazole rings is 1. The van der Waals surface area contributed by atoms with E-state index < -0.39 is 0 Å². The molecule has 6 heteroatoms. The van der Waals surface area contributed by atoms with E-state index in [1.165, 1.54) is 5.56 Å². The molecule has 0 aliphatic heterocycles. The second-order valence-electron chi connectivity index (χ2n) is 6.95. The smallest absolute Gasteiger partial charge is 0.245 e. The Labute approximate surface area is 174 Å². The molecule has 0 unspecified atom stereocenters. The fourth-order valence-electron chi connectivity index (χ4n) is 3.06. The largest absolute Gasteiger partial charge is 0.494 e. The second kappa shape index (κ2) is 8.53. The second-order valence-corrected chi connectivity index (χ2v) is 7.38. The highest BCUT2D eigenvalue weighted by Crippen LogP contribution is 2.30. The highest BCUT2D eigenvalue weighted by Gasteiger charge is 2.17. The van der Waals surface area contributed by atoms with Crippen LogP contribution in [0.25, 0.3) is 22.8 Å². The number of aryl methyl sites for hydroxylation is 3. The lowest BCUT2D eigenvalue weighted by Crippen LogP contribution is -1.99. The van der Waals surface area contributed by atoms with Gasteiger partial charge in [0.1, 0.15) is 28.7 Å². The van der Waals surface area contributed by atoms with Gasteiger partial charge >= 0.3 is 0 Å². The average molecular weight is 408 g/mol. The van der Waals surface area contributed by atoms with Gasteiger partial charge in [0.15, 0.2) is 0 Å². The summed E-state index contributed by atoms with van der Waals surface area (Å²) in [6.45, 7) is 4.56. The van der Waals surface area contributed by atoms with Crippen molar-refractivity contribution < 1.29 is 9.15 Å². The molecule has 0 amide bonds. The third-order valence-corrected chi connectivity index (χ3v) is 4.84. The molecule has 0 bridgehead atoms. The molecule has 4 rings (SSSR count). The minimum Gasteiger partial charge on any atom is -0.494 e. The minimum atomic E-state index is 0.532. The third-order valence-electron chi connectivity index (χ3n) is 4.59. The number of benzene rings is 2. The number of aromatic nitrogens is 3. The highest BCUT2D eigenvalue weighted by molar-refractivity contribution is 6.30. The molecule has 2 heterocycles. The van der Waals surface area contributed by atoms with Crippen molar-refractivity contribution in [1.82, 2.24) is 15.0 Å². The molecule has 0 saturated carbocycles. The highest BCUT2D eigenvalue weighted by atomic mass is 35.5. The molecule has 2 aromatic carbocycles. The fraction of sp³-hybridized carbons (Fsp3) is 0.217. The van der Waals surface area contributed by atoms with Gasteiger partial charge in [-0.2, -0.15) is 0 Å². The minimum absolute atomic E-state index is 0.532. The molecular formula is C23H22ClN3O2. The van der Waals surface area contributed by atoms with Crippen LogP contribution in [0.4, 0.5) is 0 Å². The first-order chi connectivity index (χ1) is 14.1. The SMILES string of the molecule is Cc1ccc(OCCCc2oc(-c3cnc(C)[nH]3)nc2-c2ccc(Cl)cc2)cc1. The van der Waals surface area contributed by atoms with Crippen molar-refractivity contribution in [2.75, 3.05) is 6.61 Å². The number of halogens is 1. The molecule has 0 atom stereocenters. The Balaban J connectivity index is 1.51. The van der Waals surface area contributed by atoms with E-state index in [0.29, 0.717) is 23.9 Å². The number of H-pyrrole nitrogens is 1. The van der Waals surface area contributed by atoms with Gasteiger partial charge in [-0.25, -0.2) is 9.97 Å². The summed E-state index contributed by atoms with van der Waals surface area (Å²) in [5.41, 5.74) is 3.77. The number of hydrogen-bond acceptors (Lipinski definition) is 4. The number of hydrogen-bond donors (Lipinski definition) is 1. The van der Waals surface area contributed by atoms with Gasteiger partial charge in [-0.05, 0) is 44.5 Å². The van der Waals surface area contributed by atoms with Gasteiger partial charge in [-0.3, -0.25) is 0 Å². The number of nitrogens with zero attached hydrogens (tertiary/aromatic N) is 2. The Hall–Kier alpha value is -3.05. The standard InChI is InChI=1S/C23H22ClN3O2/c1-15-5-11-19(12-6-15)28-13-3-4-21-22(17-7-9-18(24)10-8-17)27-23(29-21)20-14-25-16(2)26-20/h5-12,14H,3-4,13H2,1-2H3,(H,25,26). The Morgan fingerprint density at radius 1 is 1.03 bits per heavy atom. The first kappa shape index (κ1) is 19.3. The van der Waals surface area contributed by atoms with Gasteiger partial charge in [-0.15, -0.1) is 0 Å². The van der Waals surface area contributed by atoms with Crippen molar-refractivity contribution in [1.29, 1.82) is 0 Å². The van der Waals surface area contributed by atoms with Gasteiger partial charge in [0.25, 0.3) is 0 Å². The van der Waals surface area contributed by atoms with Crippen molar-refractivity contribution in [2.45, 2.75) is 26.7 Å². The first-order valence-electron chi connectivity index (χ1n) is 9.55. The maximum Gasteiger partial charge on any atom is 0.245 e. The molecule has 0 saturated heterocycles. The van der Waals surface area contributed by atoms with Gasteiger partial charge in [0.05, 0.1) is 12.8 Å². The Bertz CT molecular complexity index is 1080. The van der Waals surface area contributed by atoms with E-state index >= 15 is 0 Å². The van der Waals surface area contributed by atoms with Crippen LogP contribution < -0.4 is 4.74 Å². The van der Waals surface area contributed by atoms with E-state index in [1.54, 1.807) is 6.20 Å². The lowest BCUT2D eigenvalue weighted by molar-refractivity contribution is 0.306. The Morgan fingerprint density at radius 3 is 2.48 bits per heavy atom. The van der Waals surface area contributed by atoms with E-state index in [0.717, 1.165) is 40.7 Å². The Morgan fingerprint density at radius 2 is 1.79 bits per heavy atom. The summed E-state index contributed by atoms with van der Waals surface area (Å²) >= 11 is 6.04. The van der Waals surface area contributed by atoms with E-state index in [2.05, 4.69) is 16.9 Å². The van der Waals surface area contributed by atoms with Crippen LogP contribution in [0.15, 0.2) is 59.1 Å². The topological polar surface area (TPSA) is 63.9 Å². The maximum absolute atomic E-state index is 6.10. The molecule has 0 aliphatic rings. The zero-order valence-corrected chi connectivity index (χ0v) is 17.2. The van der Waals surface area contributed by atoms with Crippen molar-refractivity contribution >= 4 is 11.6 Å². The number of ether oxygens (including phenoxy) is 1. The number of rotatable bonds is 7. The van der Waals surface area contributed by atoms with Crippen LogP contribution >= 0.6 is 11.6 Å².